The summed E-state index contributed by atoms with van der Waals surface area (Å²) in [5.41, 5.74) is 2.31. The van der Waals surface area contributed by atoms with Crippen LogP contribution < -0.4 is 10.2 Å². The van der Waals surface area contributed by atoms with E-state index in [2.05, 4.69) is 5.32 Å². The lowest BCUT2D eigenvalue weighted by atomic mass is 10.1. The second kappa shape index (κ2) is 11.5. The Morgan fingerprint density at radius 2 is 1.70 bits per heavy atom. The highest BCUT2D eigenvalue weighted by Gasteiger charge is 2.31. The predicted octanol–water partition coefficient (Wildman–Crippen LogP) is 5.44. The third kappa shape index (κ3) is 5.66. The number of carbonyl (C=O) groups excluding carboxylic acids is 3. The summed E-state index contributed by atoms with van der Waals surface area (Å²) >= 11 is 0. The standard InChI is InChI=1S/C30H34FN3O3/c1-4-20(3)32-29(36)25(5-2)34(19-21-14-16-23(31)17-15-21)27(35)13-8-18-33-26-12-7-10-22-9-6-11-24(28(22)26)30(33)37/h6-7,9-12,14-17,20,25H,4-5,8,13,18-19H2,1-3H3,(H,32,36)/t20-,25-/m0/s1. The van der Waals surface area contributed by atoms with Crippen LogP contribution in [-0.4, -0.2) is 41.2 Å². The van der Waals surface area contributed by atoms with E-state index in [9.17, 15) is 18.8 Å². The molecule has 37 heavy (non-hydrogen) atoms. The Kier molecular flexibility index (Phi) is 8.21. The van der Waals surface area contributed by atoms with Crippen LogP contribution in [0.25, 0.3) is 10.8 Å². The van der Waals surface area contributed by atoms with Gasteiger partial charge in [0.15, 0.2) is 0 Å². The zero-order chi connectivity index (χ0) is 26.5. The quantitative estimate of drug-likeness (QED) is 0.379. The van der Waals surface area contributed by atoms with Crippen LogP contribution in [0.3, 0.4) is 0 Å². The van der Waals surface area contributed by atoms with E-state index in [0.29, 0.717) is 24.9 Å². The number of hydrogen-bond acceptors (Lipinski definition) is 3. The van der Waals surface area contributed by atoms with Gasteiger partial charge in [-0.1, -0.05) is 50.2 Å². The van der Waals surface area contributed by atoms with E-state index in [0.717, 1.165) is 28.4 Å². The number of benzene rings is 3. The third-order valence-corrected chi connectivity index (χ3v) is 7.07. The molecular formula is C30H34FN3O3. The lowest BCUT2D eigenvalue weighted by molar-refractivity contribution is -0.141. The Morgan fingerprint density at radius 3 is 2.38 bits per heavy atom. The van der Waals surface area contributed by atoms with Gasteiger partial charge in [-0.25, -0.2) is 4.39 Å². The van der Waals surface area contributed by atoms with Crippen LogP contribution in [0, 0.1) is 5.82 Å². The monoisotopic (exact) mass is 503 g/mol. The molecule has 0 saturated heterocycles. The number of halogens is 1. The minimum absolute atomic E-state index is 0.00477. The molecule has 0 aliphatic carbocycles. The van der Waals surface area contributed by atoms with Crippen molar-refractivity contribution in [2.45, 2.75) is 65.1 Å². The average molecular weight is 504 g/mol. The van der Waals surface area contributed by atoms with Gasteiger partial charge in [0.25, 0.3) is 5.91 Å². The number of carbonyl (C=O) groups is 3. The first kappa shape index (κ1) is 26.3. The molecule has 2 atom stereocenters. The SMILES string of the molecule is CC[C@H](C)NC(=O)[C@H](CC)N(Cc1ccc(F)cc1)C(=O)CCCN1C(=O)c2cccc3cccc1c23. The molecule has 0 saturated carbocycles. The number of amides is 3. The van der Waals surface area contributed by atoms with Crippen molar-refractivity contribution < 1.29 is 18.8 Å². The Hall–Kier alpha value is -3.74. The van der Waals surface area contributed by atoms with Crippen molar-refractivity contribution >= 4 is 34.2 Å². The normalized spacial score (nSPS) is 14.1. The molecule has 0 aromatic heterocycles. The number of rotatable bonds is 11. The van der Waals surface area contributed by atoms with E-state index in [1.54, 1.807) is 21.9 Å². The second-order valence-corrected chi connectivity index (χ2v) is 9.63. The maximum absolute atomic E-state index is 13.5. The smallest absolute Gasteiger partial charge is 0.258 e. The molecule has 0 fully saturated rings. The molecule has 3 amide bonds. The predicted molar refractivity (Wildman–Crippen MR) is 144 cm³/mol. The fourth-order valence-electron chi connectivity index (χ4n) is 4.88. The van der Waals surface area contributed by atoms with Crippen LogP contribution in [0.15, 0.2) is 60.7 Å². The van der Waals surface area contributed by atoms with Gasteiger partial charge in [0, 0.05) is 36.5 Å². The summed E-state index contributed by atoms with van der Waals surface area (Å²) in [7, 11) is 0. The van der Waals surface area contributed by atoms with Crippen LogP contribution in [-0.2, 0) is 16.1 Å². The molecule has 1 aliphatic heterocycles. The molecule has 7 heteroatoms. The van der Waals surface area contributed by atoms with E-state index in [4.69, 9.17) is 0 Å². The zero-order valence-corrected chi connectivity index (χ0v) is 21.7. The van der Waals surface area contributed by atoms with Gasteiger partial charge >= 0.3 is 0 Å². The molecule has 1 N–H and O–H groups in total. The van der Waals surface area contributed by atoms with E-state index < -0.39 is 6.04 Å². The minimum atomic E-state index is -0.641. The first-order valence-electron chi connectivity index (χ1n) is 13.0. The molecule has 0 spiro atoms. The van der Waals surface area contributed by atoms with Gasteiger partial charge < -0.3 is 15.1 Å². The summed E-state index contributed by atoms with van der Waals surface area (Å²) < 4.78 is 13.5. The largest absolute Gasteiger partial charge is 0.352 e. The molecule has 1 heterocycles. The second-order valence-electron chi connectivity index (χ2n) is 9.63. The Labute approximate surface area is 217 Å². The lowest BCUT2D eigenvalue weighted by Gasteiger charge is -2.31. The molecule has 6 nitrogen and oxygen atoms in total. The maximum atomic E-state index is 13.5. The first-order valence-corrected chi connectivity index (χ1v) is 13.0. The van der Waals surface area contributed by atoms with Crippen molar-refractivity contribution in [2.75, 3.05) is 11.4 Å². The summed E-state index contributed by atoms with van der Waals surface area (Å²) in [6, 6.07) is 16.9. The summed E-state index contributed by atoms with van der Waals surface area (Å²) in [4.78, 5) is 43.0. The molecule has 0 unspecified atom stereocenters. The van der Waals surface area contributed by atoms with Crippen LogP contribution in [0.1, 0.15) is 62.4 Å². The first-order chi connectivity index (χ1) is 17.8. The number of anilines is 1. The van der Waals surface area contributed by atoms with Gasteiger partial charge in [0.1, 0.15) is 11.9 Å². The average Bonchev–Trinajstić information content (AvgIpc) is 3.17. The highest BCUT2D eigenvalue weighted by Crippen LogP contribution is 2.37. The van der Waals surface area contributed by atoms with Gasteiger partial charge in [0.2, 0.25) is 11.8 Å². The van der Waals surface area contributed by atoms with Crippen molar-refractivity contribution in [2.24, 2.45) is 0 Å². The molecule has 0 bridgehead atoms. The van der Waals surface area contributed by atoms with Crippen molar-refractivity contribution in [1.29, 1.82) is 0 Å². The zero-order valence-electron chi connectivity index (χ0n) is 21.7. The molecule has 0 radical (unpaired) electrons. The number of nitrogens with one attached hydrogen (secondary N) is 1. The molecule has 3 aromatic rings. The maximum Gasteiger partial charge on any atom is 0.258 e. The van der Waals surface area contributed by atoms with Crippen LogP contribution in [0.2, 0.25) is 0 Å². The van der Waals surface area contributed by atoms with E-state index >= 15 is 0 Å². The van der Waals surface area contributed by atoms with E-state index in [1.807, 2.05) is 57.2 Å². The van der Waals surface area contributed by atoms with Crippen molar-refractivity contribution in [1.82, 2.24) is 10.2 Å². The van der Waals surface area contributed by atoms with Gasteiger partial charge in [-0.05, 0) is 61.4 Å². The van der Waals surface area contributed by atoms with Gasteiger partial charge in [-0.2, -0.15) is 0 Å². The highest BCUT2D eigenvalue weighted by atomic mass is 19.1. The summed E-state index contributed by atoms with van der Waals surface area (Å²) in [5.74, 6) is -0.765. The van der Waals surface area contributed by atoms with Gasteiger partial charge in [-0.3, -0.25) is 14.4 Å². The third-order valence-electron chi connectivity index (χ3n) is 7.07. The molecule has 194 valence electrons. The van der Waals surface area contributed by atoms with Crippen LogP contribution in [0.4, 0.5) is 10.1 Å². The number of nitrogens with zero attached hydrogens (tertiary/aromatic N) is 2. The highest BCUT2D eigenvalue weighted by molar-refractivity contribution is 6.25. The molecule has 4 rings (SSSR count). The van der Waals surface area contributed by atoms with Crippen molar-refractivity contribution in [3.63, 3.8) is 0 Å². The molecule has 1 aliphatic rings. The minimum Gasteiger partial charge on any atom is -0.352 e. The fourth-order valence-corrected chi connectivity index (χ4v) is 4.88. The fraction of sp³-hybridized carbons (Fsp3) is 0.367. The number of hydrogen-bond donors (Lipinski definition) is 1. The summed E-state index contributed by atoms with van der Waals surface area (Å²) in [6.45, 7) is 6.41. The van der Waals surface area contributed by atoms with Crippen molar-refractivity contribution in [3.05, 3.63) is 77.6 Å². The summed E-state index contributed by atoms with van der Waals surface area (Å²) in [6.07, 6.45) is 1.88. The van der Waals surface area contributed by atoms with Crippen molar-refractivity contribution in [3.8, 4) is 0 Å². The Morgan fingerprint density at radius 1 is 1.00 bits per heavy atom. The lowest BCUT2D eigenvalue weighted by Crippen LogP contribution is -2.50. The Balaban J connectivity index is 1.48. The Bertz CT molecular complexity index is 1290. The van der Waals surface area contributed by atoms with Gasteiger partial charge in [-0.15, -0.1) is 0 Å². The molecular weight excluding hydrogens is 469 g/mol. The van der Waals surface area contributed by atoms with Crippen LogP contribution in [0.5, 0.6) is 0 Å². The molecule has 3 aromatic carbocycles. The summed E-state index contributed by atoms with van der Waals surface area (Å²) in [5, 5.41) is 4.96. The van der Waals surface area contributed by atoms with Gasteiger partial charge in [0.05, 0.1) is 5.69 Å². The van der Waals surface area contributed by atoms with Crippen LogP contribution >= 0.6 is 0 Å². The van der Waals surface area contributed by atoms with E-state index in [-0.39, 0.29) is 42.5 Å². The van der Waals surface area contributed by atoms with E-state index in [1.165, 1.54) is 12.1 Å². The topological polar surface area (TPSA) is 69.7 Å².